The van der Waals surface area contributed by atoms with Crippen molar-refractivity contribution in [1.82, 2.24) is 5.32 Å². The van der Waals surface area contributed by atoms with Gasteiger partial charge >= 0.3 is 0 Å². The molecule has 2 unspecified atom stereocenters. The first-order valence-corrected chi connectivity index (χ1v) is 7.39. The first-order chi connectivity index (χ1) is 7.03. The van der Waals surface area contributed by atoms with E-state index in [2.05, 4.69) is 44.8 Å². The fraction of sp³-hybridized carbons (Fsp3) is 1.00. The zero-order valence-corrected chi connectivity index (χ0v) is 11.6. The Balaban J connectivity index is 2.09. The zero-order chi connectivity index (χ0) is 11.3. The van der Waals surface area contributed by atoms with Crippen LogP contribution < -0.4 is 5.32 Å². The van der Waals surface area contributed by atoms with Crippen LogP contribution in [0.1, 0.15) is 53.4 Å². The molecular weight excluding hydrogens is 202 g/mol. The summed E-state index contributed by atoms with van der Waals surface area (Å²) in [5.41, 5.74) is 0. The molecule has 0 aromatic heterocycles. The van der Waals surface area contributed by atoms with Crippen molar-refractivity contribution >= 4 is 11.8 Å². The summed E-state index contributed by atoms with van der Waals surface area (Å²) in [7, 11) is 0. The highest BCUT2D eigenvalue weighted by Gasteiger charge is 2.24. The van der Waals surface area contributed by atoms with Crippen molar-refractivity contribution in [3.05, 3.63) is 0 Å². The van der Waals surface area contributed by atoms with E-state index in [0.29, 0.717) is 4.75 Å². The SMILES string of the molecule is CCC1CCCC1NCCSC(C)(C)C. The Morgan fingerprint density at radius 1 is 1.27 bits per heavy atom. The van der Waals surface area contributed by atoms with Gasteiger partial charge < -0.3 is 5.32 Å². The van der Waals surface area contributed by atoms with E-state index >= 15 is 0 Å². The lowest BCUT2D eigenvalue weighted by molar-refractivity contribution is 0.399. The highest BCUT2D eigenvalue weighted by molar-refractivity contribution is 8.00. The van der Waals surface area contributed by atoms with E-state index in [1.807, 2.05) is 0 Å². The lowest BCUT2D eigenvalue weighted by atomic mass is 10.0. The van der Waals surface area contributed by atoms with E-state index in [1.54, 1.807) is 0 Å². The maximum atomic E-state index is 3.73. The molecule has 0 heterocycles. The minimum absolute atomic E-state index is 0.418. The third kappa shape index (κ3) is 5.26. The van der Waals surface area contributed by atoms with Crippen molar-refractivity contribution in [3.8, 4) is 0 Å². The summed E-state index contributed by atoms with van der Waals surface area (Å²) in [4.78, 5) is 0. The number of thioether (sulfide) groups is 1. The van der Waals surface area contributed by atoms with Crippen LogP contribution in [0, 0.1) is 5.92 Å². The summed E-state index contributed by atoms with van der Waals surface area (Å²) < 4.78 is 0.418. The van der Waals surface area contributed by atoms with E-state index in [-0.39, 0.29) is 0 Å². The molecule has 0 aromatic carbocycles. The first-order valence-electron chi connectivity index (χ1n) is 6.40. The number of nitrogens with one attached hydrogen (secondary N) is 1. The topological polar surface area (TPSA) is 12.0 Å². The Hall–Kier alpha value is 0.310. The van der Waals surface area contributed by atoms with Gasteiger partial charge in [-0.1, -0.05) is 40.5 Å². The van der Waals surface area contributed by atoms with Gasteiger partial charge in [0.25, 0.3) is 0 Å². The van der Waals surface area contributed by atoms with Crippen LogP contribution in [0.2, 0.25) is 0 Å². The number of rotatable bonds is 5. The van der Waals surface area contributed by atoms with Gasteiger partial charge in [-0.2, -0.15) is 11.8 Å². The standard InChI is InChI=1S/C13H27NS/c1-5-11-7-6-8-12(11)14-9-10-15-13(2,3)4/h11-12,14H,5-10H2,1-4H3. The molecule has 0 bridgehead atoms. The summed E-state index contributed by atoms with van der Waals surface area (Å²) in [6.07, 6.45) is 5.63. The summed E-state index contributed by atoms with van der Waals surface area (Å²) >= 11 is 2.06. The van der Waals surface area contributed by atoms with Crippen LogP contribution in [0.25, 0.3) is 0 Å². The molecule has 1 fully saturated rings. The highest BCUT2D eigenvalue weighted by Crippen LogP contribution is 2.28. The van der Waals surface area contributed by atoms with E-state index in [1.165, 1.54) is 38.0 Å². The molecule has 90 valence electrons. The predicted octanol–water partition coefficient (Wildman–Crippen LogP) is 3.69. The second kappa shape index (κ2) is 6.15. The largest absolute Gasteiger partial charge is 0.313 e. The van der Waals surface area contributed by atoms with Gasteiger partial charge in [0.05, 0.1) is 0 Å². The van der Waals surface area contributed by atoms with Gasteiger partial charge in [0.1, 0.15) is 0 Å². The molecule has 2 heteroatoms. The predicted molar refractivity (Wildman–Crippen MR) is 71.6 cm³/mol. The maximum absolute atomic E-state index is 3.73. The van der Waals surface area contributed by atoms with E-state index in [4.69, 9.17) is 0 Å². The molecule has 1 rings (SSSR count). The Kier molecular flexibility index (Phi) is 5.48. The Morgan fingerprint density at radius 2 is 2.00 bits per heavy atom. The Labute approximate surface area is 99.8 Å². The van der Waals surface area contributed by atoms with Crippen molar-refractivity contribution in [2.45, 2.75) is 64.2 Å². The maximum Gasteiger partial charge on any atom is 0.00955 e. The molecule has 1 nitrogen and oxygen atoms in total. The molecule has 0 amide bonds. The van der Waals surface area contributed by atoms with E-state index < -0.39 is 0 Å². The zero-order valence-electron chi connectivity index (χ0n) is 10.8. The monoisotopic (exact) mass is 229 g/mol. The third-order valence-electron chi connectivity index (χ3n) is 3.23. The molecule has 0 saturated heterocycles. The van der Waals surface area contributed by atoms with Gasteiger partial charge in [-0.05, 0) is 18.8 Å². The Morgan fingerprint density at radius 3 is 2.60 bits per heavy atom. The molecule has 0 radical (unpaired) electrons. The minimum atomic E-state index is 0.418. The minimum Gasteiger partial charge on any atom is -0.313 e. The van der Waals surface area contributed by atoms with Gasteiger partial charge in [0, 0.05) is 23.1 Å². The highest BCUT2D eigenvalue weighted by atomic mass is 32.2. The number of hydrogen-bond donors (Lipinski definition) is 1. The molecule has 1 saturated carbocycles. The molecule has 0 aromatic rings. The van der Waals surface area contributed by atoms with Crippen LogP contribution in [0.15, 0.2) is 0 Å². The van der Waals surface area contributed by atoms with Crippen LogP contribution in [-0.2, 0) is 0 Å². The van der Waals surface area contributed by atoms with Crippen molar-refractivity contribution in [2.75, 3.05) is 12.3 Å². The molecule has 0 aliphatic heterocycles. The average Bonchev–Trinajstić information content (AvgIpc) is 2.58. The quantitative estimate of drug-likeness (QED) is 0.722. The van der Waals surface area contributed by atoms with E-state index in [9.17, 15) is 0 Å². The van der Waals surface area contributed by atoms with Crippen molar-refractivity contribution in [2.24, 2.45) is 5.92 Å². The van der Waals surface area contributed by atoms with Crippen LogP contribution in [0.3, 0.4) is 0 Å². The summed E-state index contributed by atoms with van der Waals surface area (Å²) in [5.74, 6) is 2.20. The molecule has 0 spiro atoms. The first kappa shape index (κ1) is 13.4. The average molecular weight is 229 g/mol. The van der Waals surface area contributed by atoms with Gasteiger partial charge in [-0.3, -0.25) is 0 Å². The third-order valence-corrected chi connectivity index (χ3v) is 4.50. The van der Waals surface area contributed by atoms with Crippen molar-refractivity contribution in [3.63, 3.8) is 0 Å². The molecule has 2 atom stereocenters. The van der Waals surface area contributed by atoms with Crippen LogP contribution in [-0.4, -0.2) is 23.1 Å². The van der Waals surface area contributed by atoms with Gasteiger partial charge in [-0.15, -0.1) is 0 Å². The fourth-order valence-electron chi connectivity index (χ4n) is 2.40. The fourth-order valence-corrected chi connectivity index (χ4v) is 3.23. The van der Waals surface area contributed by atoms with Crippen LogP contribution in [0.5, 0.6) is 0 Å². The van der Waals surface area contributed by atoms with Gasteiger partial charge in [-0.25, -0.2) is 0 Å². The lowest BCUT2D eigenvalue weighted by Gasteiger charge is -2.22. The van der Waals surface area contributed by atoms with Gasteiger partial charge in [0.15, 0.2) is 0 Å². The van der Waals surface area contributed by atoms with Crippen LogP contribution in [0.4, 0.5) is 0 Å². The van der Waals surface area contributed by atoms with Crippen molar-refractivity contribution < 1.29 is 0 Å². The number of hydrogen-bond acceptors (Lipinski definition) is 2. The second-order valence-corrected chi connectivity index (χ2v) is 7.54. The second-order valence-electron chi connectivity index (χ2n) is 5.62. The lowest BCUT2D eigenvalue weighted by Crippen LogP contribution is -2.34. The van der Waals surface area contributed by atoms with Crippen LogP contribution >= 0.6 is 11.8 Å². The summed E-state index contributed by atoms with van der Waals surface area (Å²) in [5, 5.41) is 3.73. The Bertz CT molecular complexity index is 174. The smallest absolute Gasteiger partial charge is 0.00955 e. The molecule has 15 heavy (non-hydrogen) atoms. The summed E-state index contributed by atoms with van der Waals surface area (Å²) in [6.45, 7) is 10.4. The molecular formula is C13H27NS. The summed E-state index contributed by atoms with van der Waals surface area (Å²) in [6, 6.07) is 0.815. The molecule has 1 N–H and O–H groups in total. The molecule has 1 aliphatic carbocycles. The van der Waals surface area contributed by atoms with E-state index in [0.717, 1.165) is 12.0 Å². The van der Waals surface area contributed by atoms with Crippen molar-refractivity contribution in [1.29, 1.82) is 0 Å². The normalized spacial score (nSPS) is 27.2. The van der Waals surface area contributed by atoms with Gasteiger partial charge in [0.2, 0.25) is 0 Å². The molecule has 1 aliphatic rings.